The Morgan fingerprint density at radius 3 is 1.95 bits per heavy atom. The molecule has 2 N–H and O–H groups in total. The first-order valence-electron chi connectivity index (χ1n) is 12.5. The molecule has 40 heavy (non-hydrogen) atoms. The molecule has 0 aliphatic heterocycles. The molecule has 0 aromatic heterocycles. The number of carbonyl (C=O) groups is 1. The first kappa shape index (κ1) is 28.8. The minimum absolute atomic E-state index is 0.0230. The van der Waals surface area contributed by atoms with Crippen LogP contribution in [0.5, 0.6) is 0 Å². The van der Waals surface area contributed by atoms with Crippen molar-refractivity contribution < 1.29 is 21.6 Å². The summed E-state index contributed by atoms with van der Waals surface area (Å²) in [4.78, 5) is 13.2. The molecule has 4 aromatic rings. The molecule has 4 rings (SSSR count). The Bertz CT molecular complexity index is 1750. The van der Waals surface area contributed by atoms with Crippen molar-refractivity contribution in [2.24, 2.45) is 0 Å². The summed E-state index contributed by atoms with van der Waals surface area (Å²) in [5.74, 6) is -0.581. The molecule has 0 heterocycles. The van der Waals surface area contributed by atoms with Gasteiger partial charge in [-0.05, 0) is 92.9 Å². The Kier molecular flexibility index (Phi) is 8.32. The third-order valence-corrected chi connectivity index (χ3v) is 9.52. The predicted molar refractivity (Wildman–Crippen MR) is 159 cm³/mol. The van der Waals surface area contributed by atoms with E-state index in [2.05, 4.69) is 10.0 Å². The number of aryl methyl sites for hydroxylation is 4. The van der Waals surface area contributed by atoms with Crippen molar-refractivity contribution in [2.45, 2.75) is 37.5 Å². The van der Waals surface area contributed by atoms with E-state index in [1.165, 1.54) is 36.4 Å². The van der Waals surface area contributed by atoms with Crippen molar-refractivity contribution in [3.8, 4) is 0 Å². The molecule has 0 bridgehead atoms. The topological polar surface area (TPSA) is 113 Å². The smallest absolute Gasteiger partial charge is 0.264 e. The van der Waals surface area contributed by atoms with Gasteiger partial charge in [0, 0.05) is 5.69 Å². The van der Waals surface area contributed by atoms with E-state index >= 15 is 0 Å². The molecular formula is C30H31N3O5S2. The lowest BCUT2D eigenvalue weighted by Gasteiger charge is -2.25. The van der Waals surface area contributed by atoms with Crippen molar-refractivity contribution in [1.82, 2.24) is 0 Å². The highest BCUT2D eigenvalue weighted by Crippen LogP contribution is 2.27. The van der Waals surface area contributed by atoms with Gasteiger partial charge in [0.05, 0.1) is 21.2 Å². The van der Waals surface area contributed by atoms with Crippen molar-refractivity contribution in [3.63, 3.8) is 0 Å². The number of hydrogen-bond acceptors (Lipinski definition) is 5. The standard InChI is InChI=1S/C30H31N3O5S2/c1-21-10-15-27(16-11-21)40(37,38)33(29-8-6-5-7-24(29)4)20-30(34)31-25-13-17-26(18-14-25)39(35,36)32-28-19-22(2)9-12-23(28)3/h5-19,32H,20H2,1-4H3,(H,31,34). The maximum absolute atomic E-state index is 13.6. The van der Waals surface area contributed by atoms with Crippen LogP contribution in [0.15, 0.2) is 101 Å². The zero-order valence-corrected chi connectivity index (χ0v) is 24.3. The lowest BCUT2D eigenvalue weighted by Crippen LogP contribution is -2.38. The fraction of sp³-hybridized carbons (Fsp3) is 0.167. The maximum atomic E-state index is 13.6. The highest BCUT2D eigenvalue weighted by atomic mass is 32.2. The molecule has 4 aromatic carbocycles. The van der Waals surface area contributed by atoms with Crippen LogP contribution in [0.4, 0.5) is 17.1 Å². The Labute approximate surface area is 235 Å². The molecular weight excluding hydrogens is 546 g/mol. The van der Waals surface area contributed by atoms with Gasteiger partial charge in [-0.3, -0.25) is 13.8 Å². The van der Waals surface area contributed by atoms with Crippen LogP contribution in [0.1, 0.15) is 22.3 Å². The number of anilines is 3. The number of sulfonamides is 2. The van der Waals surface area contributed by atoms with Crippen LogP contribution in [0, 0.1) is 27.7 Å². The van der Waals surface area contributed by atoms with E-state index in [0.29, 0.717) is 22.6 Å². The van der Waals surface area contributed by atoms with Crippen LogP contribution in [0.2, 0.25) is 0 Å². The van der Waals surface area contributed by atoms with Gasteiger partial charge in [0.2, 0.25) is 5.91 Å². The molecule has 208 valence electrons. The van der Waals surface area contributed by atoms with Crippen LogP contribution < -0.4 is 14.3 Å². The number of hydrogen-bond donors (Lipinski definition) is 2. The summed E-state index contributed by atoms with van der Waals surface area (Å²) in [6.07, 6.45) is 0. The molecule has 0 aliphatic carbocycles. The summed E-state index contributed by atoms with van der Waals surface area (Å²) in [5.41, 5.74) is 4.52. The molecule has 10 heteroatoms. The summed E-state index contributed by atoms with van der Waals surface area (Å²) in [5, 5.41) is 2.68. The van der Waals surface area contributed by atoms with Gasteiger partial charge >= 0.3 is 0 Å². The summed E-state index contributed by atoms with van der Waals surface area (Å²) in [6.45, 7) is 6.85. The van der Waals surface area contributed by atoms with E-state index in [-0.39, 0.29) is 9.79 Å². The average Bonchev–Trinajstić information content (AvgIpc) is 2.90. The summed E-state index contributed by atoms with van der Waals surface area (Å²) in [7, 11) is -7.92. The van der Waals surface area contributed by atoms with Crippen molar-refractivity contribution in [2.75, 3.05) is 20.9 Å². The Morgan fingerprint density at radius 1 is 0.700 bits per heavy atom. The van der Waals surface area contributed by atoms with Gasteiger partial charge in [-0.2, -0.15) is 0 Å². The number of nitrogens with zero attached hydrogens (tertiary/aromatic N) is 1. The van der Waals surface area contributed by atoms with E-state index in [9.17, 15) is 21.6 Å². The van der Waals surface area contributed by atoms with Crippen molar-refractivity contribution in [1.29, 1.82) is 0 Å². The van der Waals surface area contributed by atoms with Gasteiger partial charge in [0.15, 0.2) is 0 Å². The van der Waals surface area contributed by atoms with Crippen molar-refractivity contribution in [3.05, 3.63) is 113 Å². The molecule has 0 radical (unpaired) electrons. The minimum atomic E-state index is -4.06. The Morgan fingerprint density at radius 2 is 1.30 bits per heavy atom. The van der Waals surface area contributed by atoms with Gasteiger partial charge in [0.25, 0.3) is 20.0 Å². The number of benzene rings is 4. The first-order chi connectivity index (χ1) is 18.9. The first-order valence-corrected chi connectivity index (χ1v) is 15.4. The quantitative estimate of drug-likeness (QED) is 0.271. The zero-order valence-electron chi connectivity index (χ0n) is 22.7. The normalized spacial score (nSPS) is 11.6. The van der Waals surface area contributed by atoms with Gasteiger partial charge in [-0.25, -0.2) is 16.8 Å². The van der Waals surface area contributed by atoms with Gasteiger partial charge in [-0.15, -0.1) is 0 Å². The monoisotopic (exact) mass is 577 g/mol. The van der Waals surface area contributed by atoms with Crippen LogP contribution >= 0.6 is 0 Å². The molecule has 0 fully saturated rings. The van der Waals surface area contributed by atoms with Crippen LogP contribution in [0.25, 0.3) is 0 Å². The van der Waals surface area contributed by atoms with E-state index in [4.69, 9.17) is 0 Å². The molecule has 0 saturated heterocycles. The second-order valence-corrected chi connectivity index (χ2v) is 13.2. The summed E-state index contributed by atoms with van der Waals surface area (Å²) >= 11 is 0. The second kappa shape index (κ2) is 11.5. The highest BCUT2D eigenvalue weighted by molar-refractivity contribution is 7.93. The zero-order chi connectivity index (χ0) is 29.1. The predicted octanol–water partition coefficient (Wildman–Crippen LogP) is 5.56. The molecule has 0 spiro atoms. The third-order valence-electron chi connectivity index (χ3n) is 6.37. The number of nitrogens with one attached hydrogen (secondary N) is 2. The Hall–Kier alpha value is -4.15. The lowest BCUT2D eigenvalue weighted by molar-refractivity contribution is -0.114. The third kappa shape index (κ3) is 6.52. The molecule has 0 unspecified atom stereocenters. The van der Waals surface area contributed by atoms with E-state index in [1.54, 1.807) is 49.4 Å². The number of para-hydroxylation sites is 1. The number of amides is 1. The fourth-order valence-corrected chi connectivity index (χ4v) is 6.69. The SMILES string of the molecule is Cc1ccc(S(=O)(=O)N(CC(=O)Nc2ccc(S(=O)(=O)Nc3cc(C)ccc3C)cc2)c2ccccc2C)cc1. The van der Waals surface area contributed by atoms with Crippen LogP contribution in [-0.4, -0.2) is 29.3 Å². The minimum Gasteiger partial charge on any atom is -0.325 e. The van der Waals surface area contributed by atoms with Gasteiger partial charge < -0.3 is 5.32 Å². The Balaban J connectivity index is 1.54. The number of carbonyl (C=O) groups excluding carboxylic acids is 1. The summed E-state index contributed by atoms with van der Waals surface area (Å²) in [6, 6.07) is 24.5. The molecule has 8 nitrogen and oxygen atoms in total. The average molecular weight is 578 g/mol. The van der Waals surface area contributed by atoms with Crippen molar-refractivity contribution >= 4 is 43.0 Å². The second-order valence-electron chi connectivity index (χ2n) is 9.61. The van der Waals surface area contributed by atoms with E-state index in [1.807, 2.05) is 32.9 Å². The van der Waals surface area contributed by atoms with Crippen LogP contribution in [-0.2, 0) is 24.8 Å². The lowest BCUT2D eigenvalue weighted by atomic mass is 10.1. The van der Waals surface area contributed by atoms with E-state index < -0.39 is 32.5 Å². The highest BCUT2D eigenvalue weighted by Gasteiger charge is 2.28. The fourth-order valence-electron chi connectivity index (χ4n) is 4.08. The molecule has 0 aliphatic rings. The maximum Gasteiger partial charge on any atom is 0.264 e. The van der Waals surface area contributed by atoms with E-state index in [0.717, 1.165) is 21.0 Å². The van der Waals surface area contributed by atoms with Crippen LogP contribution in [0.3, 0.4) is 0 Å². The molecule has 0 saturated carbocycles. The number of rotatable bonds is 9. The van der Waals surface area contributed by atoms with Gasteiger partial charge in [0.1, 0.15) is 6.54 Å². The van der Waals surface area contributed by atoms with Gasteiger partial charge in [-0.1, -0.05) is 48.0 Å². The molecule has 1 amide bonds. The largest absolute Gasteiger partial charge is 0.325 e. The molecule has 0 atom stereocenters. The summed E-state index contributed by atoms with van der Waals surface area (Å²) < 4.78 is 56.7.